The summed E-state index contributed by atoms with van der Waals surface area (Å²) in [5, 5.41) is 0. The summed E-state index contributed by atoms with van der Waals surface area (Å²) in [7, 11) is 0. The van der Waals surface area contributed by atoms with Crippen molar-refractivity contribution < 1.29 is 0 Å². The maximum absolute atomic E-state index is 5.50. The van der Waals surface area contributed by atoms with E-state index in [4.69, 9.17) is 5.73 Å². The summed E-state index contributed by atoms with van der Waals surface area (Å²) in [6.45, 7) is 4.13. The molecule has 0 aromatic carbocycles. The fourth-order valence-corrected chi connectivity index (χ4v) is 1.91. The van der Waals surface area contributed by atoms with Crippen LogP contribution in [-0.2, 0) is 19.4 Å². The molecule has 0 saturated carbocycles. The molecule has 1 aromatic heterocycles. The molecule has 2 rings (SSSR count). The largest absolute Gasteiger partial charge is 0.335 e. The van der Waals surface area contributed by atoms with Crippen LogP contribution in [0.25, 0.3) is 0 Å². The van der Waals surface area contributed by atoms with Gasteiger partial charge in [0, 0.05) is 25.6 Å². The molecule has 1 atom stereocenters. The van der Waals surface area contributed by atoms with Gasteiger partial charge in [0.05, 0.1) is 5.69 Å². The number of hydrogen-bond acceptors (Lipinski definition) is 2. The molecule has 0 saturated heterocycles. The van der Waals surface area contributed by atoms with Gasteiger partial charge in [0.2, 0.25) is 0 Å². The van der Waals surface area contributed by atoms with E-state index in [0.29, 0.717) is 6.54 Å². The predicted octanol–water partition coefficient (Wildman–Crippen LogP) is 0.967. The third-order valence-electron chi connectivity index (χ3n) is 2.70. The number of nitrogens with zero attached hydrogens (tertiary/aromatic N) is 2. The fourth-order valence-electron chi connectivity index (χ4n) is 1.91. The van der Waals surface area contributed by atoms with Crippen molar-refractivity contribution >= 4 is 0 Å². The number of fused-ring (bicyclic) bond motifs is 1. The van der Waals surface area contributed by atoms with E-state index in [9.17, 15) is 0 Å². The molecule has 1 unspecified atom stereocenters. The Hall–Kier alpha value is -0.830. The van der Waals surface area contributed by atoms with Crippen LogP contribution in [0.15, 0.2) is 6.20 Å². The van der Waals surface area contributed by atoms with Crippen LogP contribution < -0.4 is 5.73 Å². The fraction of sp³-hybridized carbons (Fsp3) is 0.700. The third kappa shape index (κ3) is 1.75. The van der Waals surface area contributed by atoms with Crippen molar-refractivity contribution in [3.63, 3.8) is 0 Å². The molecule has 2 N–H and O–H groups in total. The van der Waals surface area contributed by atoms with Crippen LogP contribution in [0.4, 0.5) is 0 Å². The molecule has 3 heteroatoms. The molecule has 0 aliphatic carbocycles. The number of imidazole rings is 1. The van der Waals surface area contributed by atoms with Crippen LogP contribution >= 0.6 is 0 Å². The van der Waals surface area contributed by atoms with Crippen LogP contribution in [0.5, 0.6) is 0 Å². The van der Waals surface area contributed by atoms with E-state index in [2.05, 4.69) is 22.7 Å². The molecule has 1 aliphatic heterocycles. The second kappa shape index (κ2) is 3.50. The number of aromatic nitrogens is 2. The van der Waals surface area contributed by atoms with E-state index in [0.717, 1.165) is 31.0 Å². The highest BCUT2D eigenvalue weighted by molar-refractivity contribution is 5.07. The number of nitrogens with two attached hydrogens (primary N) is 1. The average molecular weight is 179 g/mol. The Morgan fingerprint density at radius 2 is 2.54 bits per heavy atom. The molecule has 1 aliphatic rings. The molecule has 0 bridgehead atoms. The first kappa shape index (κ1) is 8.75. The van der Waals surface area contributed by atoms with Gasteiger partial charge in [-0.2, -0.15) is 0 Å². The molecule has 0 spiro atoms. The van der Waals surface area contributed by atoms with Gasteiger partial charge in [-0.15, -0.1) is 0 Å². The van der Waals surface area contributed by atoms with Gasteiger partial charge >= 0.3 is 0 Å². The van der Waals surface area contributed by atoms with Crippen molar-refractivity contribution in [1.29, 1.82) is 0 Å². The van der Waals surface area contributed by atoms with Crippen LogP contribution in [0.2, 0.25) is 0 Å². The number of rotatable bonds is 2. The molecule has 3 nitrogen and oxygen atoms in total. The second-order valence-electron chi connectivity index (χ2n) is 3.98. The Labute approximate surface area is 79.0 Å². The summed E-state index contributed by atoms with van der Waals surface area (Å²) in [6.07, 6.45) is 5.48. The van der Waals surface area contributed by atoms with Gasteiger partial charge in [0.25, 0.3) is 0 Å². The SMILES string of the molecule is CC1CCn2cc(CCN)nc2C1. The minimum atomic E-state index is 0.700. The molecular formula is C10H17N3. The lowest BCUT2D eigenvalue weighted by Crippen LogP contribution is -2.16. The summed E-state index contributed by atoms with van der Waals surface area (Å²) in [5.74, 6) is 2.04. The van der Waals surface area contributed by atoms with Gasteiger partial charge in [-0.1, -0.05) is 6.92 Å². The van der Waals surface area contributed by atoms with E-state index in [-0.39, 0.29) is 0 Å². The Kier molecular flexibility index (Phi) is 2.36. The summed E-state index contributed by atoms with van der Waals surface area (Å²) >= 11 is 0. The van der Waals surface area contributed by atoms with Crippen molar-refractivity contribution in [2.75, 3.05) is 6.54 Å². The average Bonchev–Trinajstić information content (AvgIpc) is 2.46. The van der Waals surface area contributed by atoms with E-state index >= 15 is 0 Å². The van der Waals surface area contributed by atoms with Crippen molar-refractivity contribution in [2.45, 2.75) is 32.7 Å². The topological polar surface area (TPSA) is 43.8 Å². The molecular weight excluding hydrogens is 162 g/mol. The standard InChI is InChI=1S/C10H17N3/c1-8-3-5-13-7-9(2-4-11)12-10(13)6-8/h7-8H,2-6,11H2,1H3. The van der Waals surface area contributed by atoms with Gasteiger partial charge < -0.3 is 10.3 Å². The highest BCUT2D eigenvalue weighted by Crippen LogP contribution is 2.19. The van der Waals surface area contributed by atoms with Crippen molar-refractivity contribution in [3.8, 4) is 0 Å². The minimum Gasteiger partial charge on any atom is -0.335 e. The van der Waals surface area contributed by atoms with Crippen LogP contribution in [0.3, 0.4) is 0 Å². The molecule has 72 valence electrons. The van der Waals surface area contributed by atoms with Crippen molar-refractivity contribution in [2.24, 2.45) is 11.7 Å². The second-order valence-corrected chi connectivity index (χ2v) is 3.98. The molecule has 0 radical (unpaired) electrons. The summed E-state index contributed by atoms with van der Waals surface area (Å²) in [5.41, 5.74) is 6.66. The Morgan fingerprint density at radius 1 is 1.69 bits per heavy atom. The third-order valence-corrected chi connectivity index (χ3v) is 2.70. The van der Waals surface area contributed by atoms with Gasteiger partial charge in [-0.25, -0.2) is 4.98 Å². The van der Waals surface area contributed by atoms with Gasteiger partial charge in [0.1, 0.15) is 5.82 Å². The van der Waals surface area contributed by atoms with Gasteiger partial charge in [-0.05, 0) is 18.9 Å². The van der Waals surface area contributed by atoms with Crippen molar-refractivity contribution in [1.82, 2.24) is 9.55 Å². The smallest absolute Gasteiger partial charge is 0.109 e. The molecule has 0 fully saturated rings. The zero-order valence-corrected chi connectivity index (χ0v) is 8.16. The molecule has 1 aromatic rings. The highest BCUT2D eigenvalue weighted by atomic mass is 15.1. The predicted molar refractivity (Wildman–Crippen MR) is 52.5 cm³/mol. The van der Waals surface area contributed by atoms with Crippen LogP contribution in [0.1, 0.15) is 24.9 Å². The van der Waals surface area contributed by atoms with E-state index in [1.807, 2.05) is 0 Å². The maximum atomic E-state index is 5.50. The van der Waals surface area contributed by atoms with E-state index in [1.165, 1.54) is 12.2 Å². The van der Waals surface area contributed by atoms with E-state index in [1.54, 1.807) is 0 Å². The molecule has 0 amide bonds. The Balaban J connectivity index is 2.18. The molecule has 2 heterocycles. The molecule has 13 heavy (non-hydrogen) atoms. The highest BCUT2D eigenvalue weighted by Gasteiger charge is 2.16. The first-order chi connectivity index (χ1) is 6.29. The van der Waals surface area contributed by atoms with Crippen LogP contribution in [-0.4, -0.2) is 16.1 Å². The number of hydrogen-bond donors (Lipinski definition) is 1. The first-order valence-electron chi connectivity index (χ1n) is 5.04. The van der Waals surface area contributed by atoms with Gasteiger partial charge in [0.15, 0.2) is 0 Å². The lowest BCUT2D eigenvalue weighted by molar-refractivity contribution is 0.409. The monoisotopic (exact) mass is 179 g/mol. The lowest BCUT2D eigenvalue weighted by Gasteiger charge is -2.18. The minimum absolute atomic E-state index is 0.700. The zero-order chi connectivity index (χ0) is 9.26. The van der Waals surface area contributed by atoms with Gasteiger partial charge in [-0.3, -0.25) is 0 Å². The van der Waals surface area contributed by atoms with E-state index < -0.39 is 0 Å². The van der Waals surface area contributed by atoms with Crippen molar-refractivity contribution in [3.05, 3.63) is 17.7 Å². The maximum Gasteiger partial charge on any atom is 0.109 e. The summed E-state index contributed by atoms with van der Waals surface area (Å²) < 4.78 is 2.28. The normalized spacial score (nSPS) is 21.5. The Morgan fingerprint density at radius 3 is 3.31 bits per heavy atom. The quantitative estimate of drug-likeness (QED) is 0.735. The summed E-state index contributed by atoms with van der Waals surface area (Å²) in [4.78, 5) is 4.57. The Bertz CT molecular complexity index is 290. The van der Waals surface area contributed by atoms with Crippen LogP contribution in [0, 0.1) is 5.92 Å². The summed E-state index contributed by atoms with van der Waals surface area (Å²) in [6, 6.07) is 0. The lowest BCUT2D eigenvalue weighted by atomic mass is 10.0. The zero-order valence-electron chi connectivity index (χ0n) is 8.16. The number of aryl methyl sites for hydroxylation is 1. The first-order valence-corrected chi connectivity index (χ1v) is 5.04.